The van der Waals surface area contributed by atoms with Crippen molar-refractivity contribution in [2.24, 2.45) is 0 Å². The van der Waals surface area contributed by atoms with Crippen LogP contribution in [0.25, 0.3) is 0 Å². The van der Waals surface area contributed by atoms with E-state index in [-0.39, 0.29) is 0 Å². The van der Waals surface area contributed by atoms with E-state index in [4.69, 9.17) is 0 Å². The van der Waals surface area contributed by atoms with Gasteiger partial charge in [0.05, 0.1) is 0 Å². The van der Waals surface area contributed by atoms with Crippen LogP contribution in [0.5, 0.6) is 0 Å². The molecule has 0 N–H and O–H groups in total. The molecule has 1 unspecified atom stereocenters. The first-order valence-corrected chi connectivity index (χ1v) is 4.93. The summed E-state index contributed by atoms with van der Waals surface area (Å²) in [5.41, 5.74) is 0.890. The molecular weight excluding hydrogens is 152 g/mol. The lowest BCUT2D eigenvalue weighted by molar-refractivity contribution is 0.601. The fourth-order valence-electron chi connectivity index (χ4n) is 0.564. The highest BCUT2D eigenvalue weighted by molar-refractivity contribution is 7.90. The molecule has 0 bridgehead atoms. The van der Waals surface area contributed by atoms with E-state index in [1.54, 1.807) is 6.26 Å². The molecule has 0 amide bonds. The van der Waals surface area contributed by atoms with E-state index < -0.39 is 11.2 Å². The average Bonchev–Trinajstić information content (AvgIpc) is 2.13. The third-order valence-electron chi connectivity index (χ3n) is 1.01. The molecule has 1 aromatic heterocycles. The summed E-state index contributed by atoms with van der Waals surface area (Å²) < 4.78 is 10.8. The predicted octanol–water partition coefficient (Wildman–Crippen LogP) is 1.67. The second-order valence-corrected chi connectivity index (χ2v) is 3.81. The van der Waals surface area contributed by atoms with Crippen LogP contribution in [-0.4, -0.2) is 10.8 Å². The van der Waals surface area contributed by atoms with Gasteiger partial charge in [-0.05, 0) is 23.5 Å². The predicted molar refractivity (Wildman–Crippen MR) is 41.1 cm³/mol. The van der Waals surface area contributed by atoms with Gasteiger partial charge < -0.3 is 4.55 Å². The van der Waals surface area contributed by atoms with Crippen LogP contribution >= 0.6 is 11.3 Å². The Bertz CT molecular complexity index is 193. The molecule has 1 atom stereocenters. The van der Waals surface area contributed by atoms with Gasteiger partial charge in [-0.3, -0.25) is 0 Å². The minimum absolute atomic E-state index is 0.861. The van der Waals surface area contributed by atoms with Crippen molar-refractivity contribution < 1.29 is 4.55 Å². The zero-order chi connectivity index (χ0) is 6.85. The molecule has 0 aliphatic rings. The number of hydrogen-bond donors (Lipinski definition) is 0. The smallest absolute Gasteiger partial charge is 0.166 e. The molecule has 0 saturated heterocycles. The highest BCUT2D eigenvalue weighted by atomic mass is 32.2. The Morgan fingerprint density at radius 2 is 2.33 bits per heavy atom. The molecule has 0 fully saturated rings. The molecule has 0 aliphatic heterocycles. The maximum Gasteiger partial charge on any atom is 0.166 e. The molecule has 3 heteroatoms. The number of hydrogen-bond acceptors (Lipinski definition) is 2. The molecule has 0 spiro atoms. The summed E-state index contributed by atoms with van der Waals surface area (Å²) in [5.74, 6) is 0. The second kappa shape index (κ2) is 2.73. The molecule has 1 radical (unpaired) electrons. The SMILES string of the molecule is [CH2]c1cscc1[S+](C)[O-]. The van der Waals surface area contributed by atoms with Crippen LogP contribution in [0.4, 0.5) is 0 Å². The molecular formula is C6H7OS2. The molecule has 49 valence electrons. The van der Waals surface area contributed by atoms with Gasteiger partial charge in [0.1, 0.15) is 6.26 Å². The van der Waals surface area contributed by atoms with Crippen molar-refractivity contribution in [1.82, 2.24) is 0 Å². The normalized spacial score (nSPS) is 13.7. The lowest BCUT2D eigenvalue weighted by Crippen LogP contribution is -1.95. The van der Waals surface area contributed by atoms with E-state index in [1.165, 1.54) is 11.3 Å². The summed E-state index contributed by atoms with van der Waals surface area (Å²) in [6.07, 6.45) is 1.66. The summed E-state index contributed by atoms with van der Waals surface area (Å²) in [6, 6.07) is 0. The lowest BCUT2D eigenvalue weighted by Gasteiger charge is -2.00. The summed E-state index contributed by atoms with van der Waals surface area (Å²) in [4.78, 5) is 0.861. The third kappa shape index (κ3) is 1.47. The van der Waals surface area contributed by atoms with Gasteiger partial charge in [-0.1, -0.05) is 0 Å². The fraction of sp³-hybridized carbons (Fsp3) is 0.167. The third-order valence-corrected chi connectivity index (χ3v) is 2.95. The monoisotopic (exact) mass is 159 g/mol. The summed E-state index contributed by atoms with van der Waals surface area (Å²) in [7, 11) is 0. The molecule has 0 aromatic carbocycles. The molecule has 9 heavy (non-hydrogen) atoms. The Kier molecular flexibility index (Phi) is 2.16. The zero-order valence-electron chi connectivity index (χ0n) is 5.09. The minimum Gasteiger partial charge on any atom is -0.612 e. The first kappa shape index (κ1) is 7.12. The molecule has 1 nitrogen and oxygen atoms in total. The van der Waals surface area contributed by atoms with Gasteiger partial charge in [0, 0.05) is 10.9 Å². The highest BCUT2D eigenvalue weighted by Crippen LogP contribution is 2.18. The molecule has 1 aromatic rings. The Morgan fingerprint density at radius 1 is 1.67 bits per heavy atom. The van der Waals surface area contributed by atoms with Crippen molar-refractivity contribution in [2.45, 2.75) is 4.90 Å². The van der Waals surface area contributed by atoms with Gasteiger partial charge in [0.2, 0.25) is 0 Å². The second-order valence-electron chi connectivity index (χ2n) is 1.72. The van der Waals surface area contributed by atoms with Crippen LogP contribution in [0.1, 0.15) is 5.56 Å². The van der Waals surface area contributed by atoms with E-state index >= 15 is 0 Å². The average molecular weight is 159 g/mol. The van der Waals surface area contributed by atoms with Crippen molar-refractivity contribution in [2.75, 3.05) is 6.26 Å². The van der Waals surface area contributed by atoms with E-state index in [1.807, 2.05) is 10.8 Å². The fourth-order valence-corrected chi connectivity index (χ4v) is 2.41. The summed E-state index contributed by atoms with van der Waals surface area (Å²) in [6.45, 7) is 3.72. The Morgan fingerprint density at radius 3 is 2.56 bits per heavy atom. The Balaban J connectivity index is 2.94. The molecule has 1 heterocycles. The Hall–Kier alpha value is 0.01000. The maximum atomic E-state index is 10.8. The van der Waals surface area contributed by atoms with Crippen molar-refractivity contribution in [1.29, 1.82) is 0 Å². The molecule has 0 saturated carbocycles. The molecule has 1 rings (SSSR count). The lowest BCUT2D eigenvalue weighted by atomic mass is 10.4. The summed E-state index contributed by atoms with van der Waals surface area (Å²) in [5, 5.41) is 3.77. The quantitative estimate of drug-likeness (QED) is 0.572. The first-order chi connectivity index (χ1) is 4.22. The first-order valence-electron chi connectivity index (χ1n) is 2.43. The van der Waals surface area contributed by atoms with Crippen LogP contribution in [-0.2, 0) is 11.2 Å². The van der Waals surface area contributed by atoms with Crippen LogP contribution < -0.4 is 0 Å². The molecule has 0 aliphatic carbocycles. The van der Waals surface area contributed by atoms with Crippen molar-refractivity contribution in [3.63, 3.8) is 0 Å². The van der Waals surface area contributed by atoms with Crippen LogP contribution in [0.2, 0.25) is 0 Å². The van der Waals surface area contributed by atoms with E-state index in [0.717, 1.165) is 10.5 Å². The largest absolute Gasteiger partial charge is 0.612 e. The maximum absolute atomic E-state index is 10.8. The zero-order valence-corrected chi connectivity index (χ0v) is 6.72. The van der Waals surface area contributed by atoms with E-state index in [2.05, 4.69) is 6.92 Å². The van der Waals surface area contributed by atoms with E-state index in [0.29, 0.717) is 0 Å². The van der Waals surface area contributed by atoms with Gasteiger partial charge in [0.15, 0.2) is 4.90 Å². The number of thiophene rings is 1. The minimum atomic E-state index is -0.861. The van der Waals surface area contributed by atoms with Crippen molar-refractivity contribution >= 4 is 22.5 Å². The van der Waals surface area contributed by atoms with Crippen molar-refractivity contribution in [3.05, 3.63) is 23.2 Å². The van der Waals surface area contributed by atoms with Crippen LogP contribution in [0.15, 0.2) is 15.7 Å². The topological polar surface area (TPSA) is 23.1 Å². The van der Waals surface area contributed by atoms with Crippen molar-refractivity contribution in [3.8, 4) is 0 Å². The van der Waals surface area contributed by atoms with Gasteiger partial charge in [-0.25, -0.2) is 0 Å². The van der Waals surface area contributed by atoms with E-state index in [9.17, 15) is 4.55 Å². The van der Waals surface area contributed by atoms with Gasteiger partial charge >= 0.3 is 0 Å². The Labute approximate surface area is 61.9 Å². The van der Waals surface area contributed by atoms with Gasteiger partial charge in [0.25, 0.3) is 0 Å². The highest BCUT2D eigenvalue weighted by Gasteiger charge is 2.07. The van der Waals surface area contributed by atoms with Crippen LogP contribution in [0.3, 0.4) is 0 Å². The summed E-state index contributed by atoms with van der Waals surface area (Å²) >= 11 is 0.677. The van der Waals surface area contributed by atoms with Gasteiger partial charge in [-0.15, -0.1) is 11.3 Å². The number of rotatable bonds is 1. The van der Waals surface area contributed by atoms with Crippen LogP contribution in [0, 0.1) is 6.92 Å². The van der Waals surface area contributed by atoms with Gasteiger partial charge in [-0.2, -0.15) is 0 Å². The standard InChI is InChI=1S/C6H7OS2/c1-5-3-8-4-6(5)9(2)7/h3-4H,1H2,2H3.